The molecular formula is C28H28N6O2. The lowest BCUT2D eigenvalue weighted by Crippen LogP contribution is -2.53. The number of urea groups is 1. The number of aromatic nitrogens is 1. The van der Waals surface area contributed by atoms with Gasteiger partial charge in [-0.1, -0.05) is 60.7 Å². The summed E-state index contributed by atoms with van der Waals surface area (Å²) in [5, 5.41) is 12.5. The normalized spacial score (nSPS) is 17.6. The van der Waals surface area contributed by atoms with Crippen LogP contribution in [-0.4, -0.2) is 65.1 Å². The quantitative estimate of drug-likeness (QED) is 0.523. The lowest BCUT2D eigenvalue weighted by Gasteiger charge is -2.37. The number of benzene rings is 2. The largest absolute Gasteiger partial charge is 0.353 e. The zero-order chi connectivity index (χ0) is 25.0. The number of anilines is 1. The fourth-order valence-corrected chi connectivity index (χ4v) is 5.03. The zero-order valence-electron chi connectivity index (χ0n) is 20.0. The predicted molar refractivity (Wildman–Crippen MR) is 136 cm³/mol. The Bertz CT molecular complexity index is 1220. The standard InChI is InChI=1S/C28H28N6O2/c29-20-24-12-7-13-30-25(24)33-16-14-32(15-17-33)21-34-26(35)28(31-27(34)36,18-22-8-3-1-4-9-22)19-23-10-5-2-6-11-23/h1-13H,14-19,21H2,(H,31,36). The fraction of sp³-hybridized carbons (Fsp3) is 0.286. The molecule has 2 saturated heterocycles. The summed E-state index contributed by atoms with van der Waals surface area (Å²) in [5.41, 5.74) is 1.52. The average molecular weight is 481 g/mol. The molecular weight excluding hydrogens is 452 g/mol. The van der Waals surface area contributed by atoms with Crippen molar-refractivity contribution in [2.24, 2.45) is 0 Å². The SMILES string of the molecule is N#Cc1cccnc1N1CCN(CN2C(=O)NC(Cc3ccccc3)(Cc3ccccc3)C2=O)CC1. The highest BCUT2D eigenvalue weighted by molar-refractivity contribution is 6.07. The number of imide groups is 1. The third-order valence-corrected chi connectivity index (χ3v) is 6.86. The molecule has 0 saturated carbocycles. The molecule has 36 heavy (non-hydrogen) atoms. The van der Waals surface area contributed by atoms with Gasteiger partial charge in [0.1, 0.15) is 17.4 Å². The maximum atomic E-state index is 13.8. The molecule has 8 heteroatoms. The monoisotopic (exact) mass is 480 g/mol. The molecule has 2 aliphatic rings. The number of nitrogens with zero attached hydrogens (tertiary/aromatic N) is 5. The van der Waals surface area contributed by atoms with Gasteiger partial charge >= 0.3 is 6.03 Å². The van der Waals surface area contributed by atoms with Crippen LogP contribution in [0.15, 0.2) is 79.0 Å². The van der Waals surface area contributed by atoms with Crippen LogP contribution in [0, 0.1) is 11.3 Å². The van der Waals surface area contributed by atoms with E-state index in [1.165, 1.54) is 4.90 Å². The molecule has 0 aliphatic carbocycles. The minimum absolute atomic E-state index is 0.195. The number of rotatable bonds is 7. The van der Waals surface area contributed by atoms with Gasteiger partial charge in [-0.2, -0.15) is 5.26 Å². The highest BCUT2D eigenvalue weighted by atomic mass is 16.2. The molecule has 0 radical (unpaired) electrons. The topological polar surface area (TPSA) is 92.6 Å². The van der Waals surface area contributed by atoms with Gasteiger partial charge in [-0.3, -0.25) is 9.69 Å². The highest BCUT2D eigenvalue weighted by Gasteiger charge is 2.51. The van der Waals surface area contributed by atoms with E-state index < -0.39 is 5.54 Å². The third kappa shape index (κ3) is 4.79. The molecule has 3 amide bonds. The summed E-state index contributed by atoms with van der Waals surface area (Å²) in [4.78, 5) is 36.9. The molecule has 3 aromatic rings. The van der Waals surface area contributed by atoms with Gasteiger partial charge in [0.2, 0.25) is 0 Å². The molecule has 182 valence electrons. The Morgan fingerprint density at radius 2 is 1.47 bits per heavy atom. The molecule has 0 unspecified atom stereocenters. The smallest absolute Gasteiger partial charge is 0.326 e. The number of nitriles is 1. The second-order valence-corrected chi connectivity index (χ2v) is 9.30. The summed E-state index contributed by atoms with van der Waals surface area (Å²) < 4.78 is 0. The molecule has 0 spiro atoms. The minimum Gasteiger partial charge on any atom is -0.353 e. The van der Waals surface area contributed by atoms with Gasteiger partial charge in [0.15, 0.2) is 0 Å². The number of carbonyl (C=O) groups is 2. The number of piperazine rings is 1. The summed E-state index contributed by atoms with van der Waals surface area (Å²) in [7, 11) is 0. The Morgan fingerprint density at radius 1 is 0.861 bits per heavy atom. The maximum absolute atomic E-state index is 13.8. The summed E-state index contributed by atoms with van der Waals surface area (Å²) in [6.45, 7) is 2.87. The van der Waals surface area contributed by atoms with Crippen molar-refractivity contribution in [3.05, 3.63) is 95.7 Å². The number of nitrogens with one attached hydrogen (secondary N) is 1. The van der Waals surface area contributed by atoms with E-state index in [2.05, 4.69) is 26.2 Å². The molecule has 3 heterocycles. The van der Waals surface area contributed by atoms with Crippen LogP contribution in [0.3, 0.4) is 0 Å². The van der Waals surface area contributed by atoms with Crippen molar-refractivity contribution in [2.75, 3.05) is 37.7 Å². The van der Waals surface area contributed by atoms with E-state index in [1.54, 1.807) is 18.3 Å². The summed E-state index contributed by atoms with van der Waals surface area (Å²) in [5.74, 6) is 0.485. The minimum atomic E-state index is -1.03. The van der Waals surface area contributed by atoms with Crippen LogP contribution >= 0.6 is 0 Å². The summed E-state index contributed by atoms with van der Waals surface area (Å²) in [6.07, 6.45) is 2.54. The van der Waals surface area contributed by atoms with Crippen molar-refractivity contribution in [1.82, 2.24) is 20.1 Å². The van der Waals surface area contributed by atoms with Gasteiger partial charge in [-0.05, 0) is 23.3 Å². The van der Waals surface area contributed by atoms with E-state index in [9.17, 15) is 14.9 Å². The van der Waals surface area contributed by atoms with Crippen molar-refractivity contribution < 1.29 is 9.59 Å². The van der Waals surface area contributed by atoms with E-state index in [1.807, 2.05) is 60.7 Å². The van der Waals surface area contributed by atoms with Crippen LogP contribution < -0.4 is 10.2 Å². The number of carbonyl (C=O) groups excluding carboxylic acids is 2. The lowest BCUT2D eigenvalue weighted by molar-refractivity contribution is -0.132. The summed E-state index contributed by atoms with van der Waals surface area (Å²) in [6, 6.07) is 25.0. The van der Waals surface area contributed by atoms with Crippen molar-refractivity contribution in [2.45, 2.75) is 18.4 Å². The molecule has 2 fully saturated rings. The lowest BCUT2D eigenvalue weighted by atomic mass is 9.84. The second kappa shape index (κ2) is 10.2. The van der Waals surface area contributed by atoms with Gasteiger partial charge in [0, 0.05) is 45.2 Å². The second-order valence-electron chi connectivity index (χ2n) is 9.30. The van der Waals surface area contributed by atoms with Gasteiger partial charge < -0.3 is 10.2 Å². The van der Waals surface area contributed by atoms with E-state index >= 15 is 0 Å². The Hall–Kier alpha value is -4.22. The Labute approximate surface area is 210 Å². The zero-order valence-corrected chi connectivity index (χ0v) is 20.0. The first kappa shape index (κ1) is 23.5. The van der Waals surface area contributed by atoms with Crippen LogP contribution in [0.4, 0.5) is 10.6 Å². The Balaban J connectivity index is 1.31. The third-order valence-electron chi connectivity index (χ3n) is 6.86. The number of amides is 3. The van der Waals surface area contributed by atoms with Crippen molar-refractivity contribution in [1.29, 1.82) is 5.26 Å². The van der Waals surface area contributed by atoms with E-state index in [-0.39, 0.29) is 18.6 Å². The molecule has 1 aromatic heterocycles. The first-order valence-electron chi connectivity index (χ1n) is 12.1. The first-order valence-corrected chi connectivity index (χ1v) is 12.1. The number of hydrogen-bond donors (Lipinski definition) is 1. The predicted octanol–water partition coefficient (Wildman–Crippen LogP) is 2.81. The molecule has 8 nitrogen and oxygen atoms in total. The van der Waals surface area contributed by atoms with E-state index in [0.29, 0.717) is 50.4 Å². The van der Waals surface area contributed by atoms with E-state index in [0.717, 1.165) is 11.1 Å². The Morgan fingerprint density at radius 3 is 2.06 bits per heavy atom. The Kier molecular flexibility index (Phi) is 6.65. The van der Waals surface area contributed by atoms with Crippen LogP contribution in [0.5, 0.6) is 0 Å². The van der Waals surface area contributed by atoms with Gasteiger partial charge in [-0.25, -0.2) is 14.7 Å². The highest BCUT2D eigenvalue weighted by Crippen LogP contribution is 2.28. The van der Waals surface area contributed by atoms with Crippen LogP contribution in [-0.2, 0) is 17.6 Å². The van der Waals surface area contributed by atoms with Gasteiger partial charge in [-0.15, -0.1) is 0 Å². The summed E-state index contributed by atoms with van der Waals surface area (Å²) >= 11 is 0. The van der Waals surface area contributed by atoms with Crippen molar-refractivity contribution in [3.63, 3.8) is 0 Å². The number of hydrogen-bond acceptors (Lipinski definition) is 6. The van der Waals surface area contributed by atoms with Gasteiger partial charge in [0.25, 0.3) is 5.91 Å². The first-order chi connectivity index (χ1) is 17.6. The number of pyridine rings is 1. The molecule has 5 rings (SSSR count). The van der Waals surface area contributed by atoms with Gasteiger partial charge in [0.05, 0.1) is 12.2 Å². The maximum Gasteiger partial charge on any atom is 0.326 e. The van der Waals surface area contributed by atoms with Crippen LogP contribution in [0.2, 0.25) is 0 Å². The molecule has 2 aliphatic heterocycles. The molecule has 0 atom stereocenters. The fourth-order valence-electron chi connectivity index (χ4n) is 5.03. The molecule has 0 bridgehead atoms. The van der Waals surface area contributed by atoms with Crippen LogP contribution in [0.25, 0.3) is 0 Å². The van der Waals surface area contributed by atoms with E-state index in [4.69, 9.17) is 0 Å². The average Bonchev–Trinajstić information content (AvgIpc) is 3.14. The van der Waals surface area contributed by atoms with Crippen molar-refractivity contribution >= 4 is 17.8 Å². The van der Waals surface area contributed by atoms with Crippen molar-refractivity contribution in [3.8, 4) is 6.07 Å². The molecule has 1 N–H and O–H groups in total. The van der Waals surface area contributed by atoms with Crippen LogP contribution in [0.1, 0.15) is 16.7 Å². The molecule has 2 aromatic carbocycles.